The maximum absolute atomic E-state index is 11.6. The van der Waals surface area contributed by atoms with Gasteiger partial charge in [0.1, 0.15) is 0 Å². The molecule has 0 amide bonds. The maximum atomic E-state index is 11.6. The van der Waals surface area contributed by atoms with Gasteiger partial charge in [-0.3, -0.25) is 0 Å². The summed E-state index contributed by atoms with van der Waals surface area (Å²) in [5, 5.41) is 15.7. The number of rotatable bonds is 2. The van der Waals surface area contributed by atoms with Crippen LogP contribution in [0.5, 0.6) is 0 Å². The molecule has 0 radical (unpaired) electrons. The smallest absolute Gasteiger partial charge is 0.0869 e. The van der Waals surface area contributed by atoms with Crippen LogP contribution in [0.1, 0.15) is 45.5 Å². The van der Waals surface area contributed by atoms with Crippen molar-refractivity contribution in [2.45, 2.75) is 25.9 Å². The molecule has 0 bridgehead atoms. The number of hydrogen-bond acceptors (Lipinski definition) is 2. The molecule has 138 valence electrons. The van der Waals surface area contributed by atoms with Gasteiger partial charge in [-0.2, -0.15) is 5.06 Å². The van der Waals surface area contributed by atoms with Gasteiger partial charge in [0.05, 0.1) is 12.1 Å². The van der Waals surface area contributed by atoms with Gasteiger partial charge in [-0.15, -0.1) is 0 Å². The lowest BCUT2D eigenvalue weighted by Crippen LogP contribution is -2.36. The van der Waals surface area contributed by atoms with Gasteiger partial charge in [-0.05, 0) is 58.0 Å². The normalized spacial score (nSPS) is 19.1. The number of hydroxylamine groups is 2. The van der Waals surface area contributed by atoms with E-state index in [1.807, 2.05) is 36.4 Å². The molecule has 0 spiro atoms. The van der Waals surface area contributed by atoms with Crippen molar-refractivity contribution in [1.82, 2.24) is 5.06 Å². The molecule has 4 aromatic carbocycles. The second-order valence-corrected chi connectivity index (χ2v) is 7.70. The number of benzene rings is 4. The number of hydrogen-bond donors (Lipinski definition) is 1. The molecule has 2 nitrogen and oxygen atoms in total. The van der Waals surface area contributed by atoms with E-state index in [9.17, 15) is 5.21 Å². The van der Waals surface area contributed by atoms with Crippen LogP contribution < -0.4 is 0 Å². The van der Waals surface area contributed by atoms with Crippen LogP contribution in [-0.4, -0.2) is 10.3 Å². The third-order valence-electron chi connectivity index (χ3n) is 6.01. The van der Waals surface area contributed by atoms with Crippen LogP contribution >= 0.6 is 0 Å². The van der Waals surface area contributed by atoms with E-state index in [1.54, 1.807) is 5.06 Å². The predicted molar refractivity (Wildman–Crippen MR) is 114 cm³/mol. The molecule has 2 heteroatoms. The molecule has 0 saturated heterocycles. The Kier molecular flexibility index (Phi) is 4.04. The Balaban J connectivity index is 1.90. The molecule has 2 unspecified atom stereocenters. The minimum atomic E-state index is -0.204. The van der Waals surface area contributed by atoms with Gasteiger partial charge >= 0.3 is 0 Å². The Hall–Kier alpha value is -2.94. The van der Waals surface area contributed by atoms with Crippen molar-refractivity contribution in [3.63, 3.8) is 0 Å². The van der Waals surface area contributed by atoms with E-state index < -0.39 is 0 Å². The first-order valence-electron chi connectivity index (χ1n) is 9.76. The van der Waals surface area contributed by atoms with Crippen molar-refractivity contribution >= 4 is 10.8 Å². The van der Waals surface area contributed by atoms with E-state index >= 15 is 0 Å². The van der Waals surface area contributed by atoms with Crippen LogP contribution in [0.3, 0.4) is 0 Å². The topological polar surface area (TPSA) is 23.5 Å². The van der Waals surface area contributed by atoms with Crippen molar-refractivity contribution in [2.75, 3.05) is 0 Å². The first-order valence-corrected chi connectivity index (χ1v) is 9.76. The zero-order valence-corrected chi connectivity index (χ0v) is 16.1. The summed E-state index contributed by atoms with van der Waals surface area (Å²) >= 11 is 0. The van der Waals surface area contributed by atoms with E-state index in [2.05, 4.69) is 62.4 Å². The Bertz CT molecular complexity index is 1060. The van der Waals surface area contributed by atoms with Crippen LogP contribution in [0.25, 0.3) is 10.8 Å². The lowest BCUT2D eigenvalue weighted by Gasteiger charge is -2.41. The summed E-state index contributed by atoms with van der Waals surface area (Å²) in [5.41, 5.74) is 7.04. The van der Waals surface area contributed by atoms with Crippen molar-refractivity contribution in [1.29, 1.82) is 0 Å². The van der Waals surface area contributed by atoms with Gasteiger partial charge in [0.15, 0.2) is 0 Å². The molecule has 1 heterocycles. The predicted octanol–water partition coefficient (Wildman–Crippen LogP) is 6.34. The summed E-state index contributed by atoms with van der Waals surface area (Å²) in [5.74, 6) is 0. The van der Waals surface area contributed by atoms with Gasteiger partial charge in [-0.25, -0.2) is 0 Å². The molecule has 0 saturated carbocycles. The molecule has 5 rings (SSSR count). The fourth-order valence-corrected chi connectivity index (χ4v) is 4.71. The van der Waals surface area contributed by atoms with Gasteiger partial charge in [0, 0.05) is 0 Å². The maximum Gasteiger partial charge on any atom is 0.0869 e. The molecule has 1 aliphatic heterocycles. The molecule has 1 N–H and O–H groups in total. The molecular formula is C26H23NO. The monoisotopic (exact) mass is 365 g/mol. The molecule has 28 heavy (non-hydrogen) atoms. The van der Waals surface area contributed by atoms with Gasteiger partial charge in [0.2, 0.25) is 0 Å². The van der Waals surface area contributed by atoms with Crippen LogP contribution in [0, 0.1) is 13.8 Å². The quantitative estimate of drug-likeness (QED) is 0.448. The first kappa shape index (κ1) is 17.2. The number of nitrogens with zero attached hydrogens (tertiary/aromatic N) is 1. The summed E-state index contributed by atoms with van der Waals surface area (Å²) in [4.78, 5) is 0. The summed E-state index contributed by atoms with van der Waals surface area (Å²) in [6.07, 6.45) is 0. The highest BCUT2D eigenvalue weighted by Gasteiger charge is 2.38. The van der Waals surface area contributed by atoms with E-state index in [1.165, 1.54) is 33.0 Å². The van der Waals surface area contributed by atoms with E-state index in [4.69, 9.17) is 0 Å². The highest BCUT2D eigenvalue weighted by molar-refractivity contribution is 5.93. The van der Waals surface area contributed by atoms with Crippen LogP contribution in [0.15, 0.2) is 84.9 Å². The zero-order chi connectivity index (χ0) is 19.3. The summed E-state index contributed by atoms with van der Waals surface area (Å²) < 4.78 is 0. The molecule has 0 aliphatic carbocycles. The standard InChI is InChI=1S/C26H23NO/c1-17-13-15-19-16-14-18(2)23-24(19)22(17)25(20-9-5-3-6-10-20)27(28)26(23)21-11-7-4-8-12-21/h3-16,25-26,28H,1-2H3. The lowest BCUT2D eigenvalue weighted by molar-refractivity contribution is -0.144. The SMILES string of the molecule is Cc1ccc2ccc(C)c3c2c1C(c1ccccc1)N(O)C3c1ccccc1. The van der Waals surface area contributed by atoms with E-state index in [-0.39, 0.29) is 12.1 Å². The Morgan fingerprint density at radius 2 is 1.04 bits per heavy atom. The summed E-state index contributed by atoms with van der Waals surface area (Å²) in [7, 11) is 0. The minimum Gasteiger partial charge on any atom is -0.312 e. The van der Waals surface area contributed by atoms with Gasteiger partial charge in [-0.1, -0.05) is 84.9 Å². The van der Waals surface area contributed by atoms with Gasteiger partial charge < -0.3 is 5.21 Å². The Morgan fingerprint density at radius 1 is 0.607 bits per heavy atom. The molecule has 1 aliphatic rings. The third kappa shape index (κ3) is 2.50. The van der Waals surface area contributed by atoms with Crippen molar-refractivity contribution in [3.8, 4) is 0 Å². The summed E-state index contributed by atoms with van der Waals surface area (Å²) in [6.45, 7) is 4.29. The fraction of sp³-hybridized carbons (Fsp3) is 0.154. The second kappa shape index (κ2) is 6.59. The lowest BCUT2D eigenvalue weighted by atomic mass is 9.78. The van der Waals surface area contributed by atoms with Crippen LogP contribution in [0.2, 0.25) is 0 Å². The largest absolute Gasteiger partial charge is 0.312 e. The average Bonchev–Trinajstić information content (AvgIpc) is 2.73. The van der Waals surface area contributed by atoms with Crippen LogP contribution in [-0.2, 0) is 0 Å². The fourth-order valence-electron chi connectivity index (χ4n) is 4.71. The molecule has 0 fully saturated rings. The zero-order valence-electron chi connectivity index (χ0n) is 16.1. The highest BCUT2D eigenvalue weighted by atomic mass is 16.5. The highest BCUT2D eigenvalue weighted by Crippen LogP contribution is 2.49. The Labute approximate surface area is 165 Å². The molecule has 2 atom stereocenters. The van der Waals surface area contributed by atoms with E-state index in [0.717, 1.165) is 11.1 Å². The average molecular weight is 365 g/mol. The molecule has 0 aromatic heterocycles. The van der Waals surface area contributed by atoms with Crippen molar-refractivity contribution in [3.05, 3.63) is 118 Å². The third-order valence-corrected chi connectivity index (χ3v) is 6.01. The Morgan fingerprint density at radius 3 is 1.46 bits per heavy atom. The number of aryl methyl sites for hydroxylation is 2. The first-order chi connectivity index (χ1) is 13.7. The molecular weight excluding hydrogens is 342 g/mol. The van der Waals surface area contributed by atoms with Crippen molar-refractivity contribution in [2.24, 2.45) is 0 Å². The minimum absolute atomic E-state index is 0.204. The molecule has 4 aromatic rings. The van der Waals surface area contributed by atoms with E-state index in [0.29, 0.717) is 0 Å². The van der Waals surface area contributed by atoms with Crippen molar-refractivity contribution < 1.29 is 5.21 Å². The van der Waals surface area contributed by atoms with Crippen LogP contribution in [0.4, 0.5) is 0 Å². The van der Waals surface area contributed by atoms with Gasteiger partial charge in [0.25, 0.3) is 0 Å². The second-order valence-electron chi connectivity index (χ2n) is 7.70. The summed E-state index contributed by atoms with van der Waals surface area (Å²) in [6, 6.07) is 29.0.